The molecule has 1 aromatic carbocycles. The Morgan fingerprint density at radius 1 is 1.21 bits per heavy atom. The van der Waals surface area contributed by atoms with Crippen molar-refractivity contribution >= 4 is 38.2 Å². The maximum Gasteiger partial charge on any atom is 0.341 e. The molecule has 1 aliphatic rings. The van der Waals surface area contributed by atoms with Crippen LogP contribution in [-0.2, 0) is 27.7 Å². The third-order valence-corrected chi connectivity index (χ3v) is 8.47. The van der Waals surface area contributed by atoms with Gasteiger partial charge in [0, 0.05) is 25.1 Å². The van der Waals surface area contributed by atoms with Crippen molar-refractivity contribution in [1.29, 1.82) is 0 Å². The third-order valence-electron chi connectivity index (χ3n) is 5.48. The largest absolute Gasteiger partial charge is 0.462 e. The van der Waals surface area contributed by atoms with Crippen molar-refractivity contribution in [1.82, 2.24) is 4.31 Å². The fourth-order valence-electron chi connectivity index (χ4n) is 3.79. The summed E-state index contributed by atoms with van der Waals surface area (Å²) in [5.74, 6) is -0.872. The maximum absolute atomic E-state index is 13.0. The molecule has 0 saturated carbocycles. The molecule has 0 fully saturated rings. The van der Waals surface area contributed by atoms with Crippen LogP contribution in [0, 0.1) is 0 Å². The minimum Gasteiger partial charge on any atom is -0.462 e. The third kappa shape index (κ3) is 5.47. The summed E-state index contributed by atoms with van der Waals surface area (Å²) in [6, 6.07) is 5.70. The zero-order valence-corrected chi connectivity index (χ0v) is 21.1. The zero-order valence-electron chi connectivity index (χ0n) is 19.4. The van der Waals surface area contributed by atoms with Crippen molar-refractivity contribution in [2.75, 3.05) is 38.6 Å². The molecular formula is C24H30N3O5S2+. The number of ether oxygens (including phenoxy) is 1. The van der Waals surface area contributed by atoms with Crippen LogP contribution >= 0.6 is 11.3 Å². The Labute approximate surface area is 204 Å². The molecule has 3 rings (SSSR count). The lowest BCUT2D eigenvalue weighted by Crippen LogP contribution is -3.08. The van der Waals surface area contributed by atoms with E-state index in [0.29, 0.717) is 10.6 Å². The van der Waals surface area contributed by atoms with Crippen molar-refractivity contribution < 1.29 is 27.6 Å². The van der Waals surface area contributed by atoms with Gasteiger partial charge in [-0.25, -0.2) is 13.2 Å². The minimum atomic E-state index is -3.76. The number of likely N-dealkylation sites (N-methyl/N-ethyl adjacent to an activating group) is 1. The summed E-state index contributed by atoms with van der Waals surface area (Å²) in [5, 5.41) is 3.30. The number of hydrogen-bond donors (Lipinski definition) is 2. The summed E-state index contributed by atoms with van der Waals surface area (Å²) < 4.78 is 32.3. The lowest BCUT2D eigenvalue weighted by Gasteiger charge is -2.19. The Hall–Kier alpha value is -2.79. The number of amides is 1. The van der Waals surface area contributed by atoms with Gasteiger partial charge in [0.15, 0.2) is 0 Å². The fraction of sp³-hybridized carbons (Fsp3) is 0.333. The van der Waals surface area contributed by atoms with Crippen LogP contribution in [0.3, 0.4) is 0 Å². The van der Waals surface area contributed by atoms with Crippen LogP contribution in [0.15, 0.2) is 54.5 Å². The van der Waals surface area contributed by atoms with Crippen molar-refractivity contribution in [3.05, 3.63) is 71.1 Å². The molecule has 0 bridgehead atoms. The van der Waals surface area contributed by atoms with Crippen LogP contribution < -0.4 is 10.2 Å². The highest BCUT2D eigenvalue weighted by Crippen LogP contribution is 2.35. The van der Waals surface area contributed by atoms with Gasteiger partial charge in [-0.15, -0.1) is 24.5 Å². The molecule has 1 atom stereocenters. The molecule has 1 amide bonds. The number of fused-ring (bicyclic) bond motifs is 1. The number of sulfonamides is 1. The van der Waals surface area contributed by atoms with E-state index in [4.69, 9.17) is 4.74 Å². The number of hydrogen-bond acceptors (Lipinski definition) is 6. The predicted octanol–water partition coefficient (Wildman–Crippen LogP) is 2.11. The molecule has 10 heteroatoms. The van der Waals surface area contributed by atoms with E-state index in [0.717, 1.165) is 30.0 Å². The summed E-state index contributed by atoms with van der Waals surface area (Å²) in [4.78, 5) is 28.1. The number of anilines is 1. The van der Waals surface area contributed by atoms with E-state index in [9.17, 15) is 18.0 Å². The van der Waals surface area contributed by atoms with Gasteiger partial charge in [0.1, 0.15) is 11.5 Å². The average Bonchev–Trinajstić information content (AvgIpc) is 3.15. The lowest BCUT2D eigenvalue weighted by atomic mass is 10.0. The van der Waals surface area contributed by atoms with Crippen molar-refractivity contribution in [3.63, 3.8) is 0 Å². The monoisotopic (exact) mass is 504 g/mol. The van der Waals surface area contributed by atoms with E-state index in [1.807, 2.05) is 0 Å². The first-order valence-electron chi connectivity index (χ1n) is 11.0. The molecule has 0 spiro atoms. The standard InChI is InChI=1S/C24H29N3O5S2/c1-5-13-27(14-6-2)34(30,31)18-10-8-17(9-11-18)22(28)25-23-21(24(29)32-7-3)19-12-15-26(4)16-20(19)33-23/h5-6,8-11H,1-2,7,12-16H2,3-4H3,(H,25,28)/p+1. The predicted molar refractivity (Wildman–Crippen MR) is 133 cm³/mol. The number of rotatable bonds is 10. The number of esters is 1. The zero-order chi connectivity index (χ0) is 24.9. The second kappa shape index (κ2) is 11.1. The number of benzene rings is 1. The molecule has 182 valence electrons. The van der Waals surface area contributed by atoms with E-state index >= 15 is 0 Å². The van der Waals surface area contributed by atoms with Crippen molar-refractivity contribution in [3.8, 4) is 0 Å². The van der Waals surface area contributed by atoms with Gasteiger partial charge >= 0.3 is 5.97 Å². The van der Waals surface area contributed by atoms with Gasteiger partial charge in [-0.3, -0.25) is 4.79 Å². The van der Waals surface area contributed by atoms with Gasteiger partial charge in [-0.1, -0.05) is 12.2 Å². The molecule has 2 N–H and O–H groups in total. The molecule has 1 aromatic heterocycles. The first-order valence-corrected chi connectivity index (χ1v) is 13.2. The molecule has 8 nitrogen and oxygen atoms in total. The van der Waals surface area contributed by atoms with Gasteiger partial charge in [-0.2, -0.15) is 4.31 Å². The molecule has 2 heterocycles. The Morgan fingerprint density at radius 2 is 1.85 bits per heavy atom. The first-order chi connectivity index (χ1) is 16.2. The van der Waals surface area contributed by atoms with Crippen LogP contribution in [0.25, 0.3) is 0 Å². The molecule has 1 unspecified atom stereocenters. The number of nitrogens with one attached hydrogen (secondary N) is 2. The van der Waals surface area contributed by atoms with Gasteiger partial charge in [0.25, 0.3) is 5.91 Å². The van der Waals surface area contributed by atoms with Crippen LogP contribution in [-0.4, -0.2) is 57.9 Å². The Bertz CT molecular complexity index is 1180. The molecule has 0 aliphatic carbocycles. The van der Waals surface area contributed by atoms with E-state index in [-0.39, 0.29) is 30.2 Å². The summed E-state index contributed by atoms with van der Waals surface area (Å²) >= 11 is 1.39. The summed E-state index contributed by atoms with van der Waals surface area (Å²) in [6.07, 6.45) is 3.74. The molecular weight excluding hydrogens is 474 g/mol. The van der Waals surface area contributed by atoms with E-state index in [2.05, 4.69) is 25.5 Å². The summed E-state index contributed by atoms with van der Waals surface area (Å²) in [5.41, 5.74) is 1.64. The quantitative estimate of drug-likeness (QED) is 0.382. The first kappa shape index (κ1) is 25.8. The highest BCUT2D eigenvalue weighted by molar-refractivity contribution is 7.89. The Kier molecular flexibility index (Phi) is 8.42. The Morgan fingerprint density at radius 3 is 2.44 bits per heavy atom. The number of nitrogens with zero attached hydrogens (tertiary/aromatic N) is 1. The number of carbonyl (C=O) groups is 2. The molecule has 2 aromatic rings. The van der Waals surface area contributed by atoms with Crippen LogP contribution in [0.5, 0.6) is 0 Å². The molecule has 0 saturated heterocycles. The normalized spacial score (nSPS) is 15.4. The maximum atomic E-state index is 13.0. The average molecular weight is 505 g/mol. The van der Waals surface area contributed by atoms with Crippen LogP contribution in [0.1, 0.15) is 38.1 Å². The van der Waals surface area contributed by atoms with E-state index in [1.54, 1.807) is 6.92 Å². The van der Waals surface area contributed by atoms with Gasteiger partial charge < -0.3 is 15.0 Å². The second-order valence-corrected chi connectivity index (χ2v) is 11.0. The van der Waals surface area contributed by atoms with Gasteiger partial charge in [0.05, 0.1) is 35.5 Å². The van der Waals surface area contributed by atoms with Crippen LogP contribution in [0.4, 0.5) is 5.00 Å². The van der Waals surface area contributed by atoms with E-state index < -0.39 is 21.9 Å². The lowest BCUT2D eigenvalue weighted by molar-refractivity contribution is -0.895. The summed E-state index contributed by atoms with van der Waals surface area (Å²) in [7, 11) is -1.67. The van der Waals surface area contributed by atoms with Crippen LogP contribution in [0.2, 0.25) is 0 Å². The fourth-order valence-corrected chi connectivity index (χ4v) is 6.52. The summed E-state index contributed by atoms with van der Waals surface area (Å²) in [6.45, 7) is 11.2. The minimum absolute atomic E-state index is 0.0672. The van der Waals surface area contributed by atoms with Gasteiger partial charge in [-0.05, 0) is 36.8 Å². The number of quaternary nitrogens is 1. The smallest absolute Gasteiger partial charge is 0.341 e. The van der Waals surface area contributed by atoms with Gasteiger partial charge in [0.2, 0.25) is 10.0 Å². The Balaban J connectivity index is 1.86. The molecule has 34 heavy (non-hydrogen) atoms. The number of carbonyl (C=O) groups excluding carboxylic acids is 2. The van der Waals surface area contributed by atoms with Crippen molar-refractivity contribution in [2.24, 2.45) is 0 Å². The number of thiophene rings is 1. The van der Waals surface area contributed by atoms with E-state index in [1.165, 1.54) is 57.0 Å². The highest BCUT2D eigenvalue weighted by Gasteiger charge is 2.30. The van der Waals surface area contributed by atoms with Crippen molar-refractivity contribution in [2.45, 2.75) is 24.8 Å². The highest BCUT2D eigenvalue weighted by atomic mass is 32.2. The topological polar surface area (TPSA) is 97.2 Å². The molecule has 1 aliphatic heterocycles. The molecule has 0 radical (unpaired) electrons. The SMILES string of the molecule is C=CCN(CC=C)S(=O)(=O)c1ccc(C(=O)Nc2sc3c(c2C(=O)OCC)CC[NH+](C)C3)cc1. The second-order valence-electron chi connectivity index (χ2n) is 7.94.